The maximum atomic E-state index is 11.1. The molecule has 2 aromatic rings. The molecular weight excluding hydrogens is 348 g/mol. The van der Waals surface area contributed by atoms with E-state index in [9.17, 15) is 4.79 Å². The minimum atomic E-state index is -0.495. The average molecular weight is 375 g/mol. The van der Waals surface area contributed by atoms with Crippen molar-refractivity contribution in [2.75, 3.05) is 11.9 Å². The number of carbonyl (C=O) groups is 1. The highest BCUT2D eigenvalue weighted by Gasteiger charge is 2.24. The molecule has 1 aliphatic carbocycles. The van der Waals surface area contributed by atoms with Gasteiger partial charge < -0.3 is 11.1 Å². The number of carbonyl (C=O) groups excluding carboxylic acids is 1. The molecule has 2 aliphatic rings. The smallest absolute Gasteiger partial charge is 0.268 e. The minimum absolute atomic E-state index is 0.307. The monoisotopic (exact) mass is 374 g/mol. The van der Waals surface area contributed by atoms with Crippen LogP contribution in [0.15, 0.2) is 11.4 Å². The van der Waals surface area contributed by atoms with E-state index >= 15 is 0 Å². The summed E-state index contributed by atoms with van der Waals surface area (Å²) in [5, 5.41) is 10.4. The number of hydrogen-bond donors (Lipinski definition) is 2. The first-order chi connectivity index (χ1) is 12.7. The van der Waals surface area contributed by atoms with Crippen molar-refractivity contribution in [2.24, 2.45) is 5.73 Å². The maximum Gasteiger partial charge on any atom is 0.268 e. The summed E-state index contributed by atoms with van der Waals surface area (Å²) in [6.45, 7) is 3.77. The van der Waals surface area contributed by atoms with Gasteiger partial charge in [0.1, 0.15) is 5.69 Å². The Hall–Kier alpha value is -1.93. The molecule has 1 aliphatic heterocycles. The summed E-state index contributed by atoms with van der Waals surface area (Å²) in [6, 6.07) is 2.95. The van der Waals surface area contributed by atoms with Crippen molar-refractivity contribution in [3.8, 4) is 0 Å². The van der Waals surface area contributed by atoms with Crippen LogP contribution in [0.25, 0.3) is 0 Å². The lowest BCUT2D eigenvalue weighted by Gasteiger charge is -2.33. The van der Waals surface area contributed by atoms with Crippen LogP contribution in [0.5, 0.6) is 0 Å². The molecule has 0 unspecified atom stereocenters. The lowest BCUT2D eigenvalue weighted by molar-refractivity contribution is 0.0996. The second-order valence-electron chi connectivity index (χ2n) is 7.22. The van der Waals surface area contributed by atoms with Crippen LogP contribution < -0.4 is 11.1 Å². The van der Waals surface area contributed by atoms with Crippen molar-refractivity contribution in [3.63, 3.8) is 0 Å². The van der Waals surface area contributed by atoms with Gasteiger partial charge in [0.2, 0.25) is 0 Å². The van der Waals surface area contributed by atoms with Crippen LogP contribution in [0.1, 0.15) is 60.4 Å². The normalized spacial score (nSPS) is 19.1. The number of fused-ring (bicyclic) bond motifs is 1. The van der Waals surface area contributed by atoms with Gasteiger partial charge in [-0.1, -0.05) is 19.3 Å². The summed E-state index contributed by atoms with van der Waals surface area (Å²) in [6.07, 6.45) is 7.98. The molecular formula is C18H26N6OS. The Balaban J connectivity index is 1.40. The van der Waals surface area contributed by atoms with E-state index in [0.717, 1.165) is 31.2 Å². The third-order valence-corrected chi connectivity index (χ3v) is 6.16. The van der Waals surface area contributed by atoms with E-state index in [1.807, 2.05) is 0 Å². The van der Waals surface area contributed by atoms with E-state index in [-0.39, 0.29) is 0 Å². The summed E-state index contributed by atoms with van der Waals surface area (Å²) in [5.74, 6) is -0.495. The number of amides is 1. The topological polar surface area (TPSA) is 89.1 Å². The van der Waals surface area contributed by atoms with Gasteiger partial charge >= 0.3 is 0 Å². The fraction of sp³-hybridized carbons (Fsp3) is 0.611. The van der Waals surface area contributed by atoms with Gasteiger partial charge in [-0.25, -0.2) is 4.98 Å². The number of primary amides is 1. The Bertz CT molecular complexity index is 764. The number of nitrogens with zero attached hydrogens (tertiary/aromatic N) is 4. The fourth-order valence-electron chi connectivity index (χ4n) is 4.03. The highest BCUT2D eigenvalue weighted by Crippen LogP contribution is 2.26. The first-order valence-electron chi connectivity index (χ1n) is 9.48. The van der Waals surface area contributed by atoms with Crippen molar-refractivity contribution in [1.29, 1.82) is 0 Å². The second kappa shape index (κ2) is 7.75. The van der Waals surface area contributed by atoms with Gasteiger partial charge in [0.05, 0.1) is 17.9 Å². The fourth-order valence-corrected chi connectivity index (χ4v) is 4.72. The van der Waals surface area contributed by atoms with Crippen LogP contribution >= 0.6 is 11.3 Å². The first kappa shape index (κ1) is 17.5. The Labute approximate surface area is 157 Å². The van der Waals surface area contributed by atoms with Crippen molar-refractivity contribution in [1.82, 2.24) is 19.7 Å². The molecule has 0 atom stereocenters. The molecule has 2 aromatic heterocycles. The van der Waals surface area contributed by atoms with Crippen molar-refractivity contribution in [2.45, 2.75) is 64.2 Å². The molecule has 26 heavy (non-hydrogen) atoms. The molecule has 0 aromatic carbocycles. The number of aryl methyl sites for hydroxylation is 1. The quantitative estimate of drug-likeness (QED) is 0.840. The van der Waals surface area contributed by atoms with Crippen molar-refractivity contribution in [3.05, 3.63) is 28.5 Å². The average Bonchev–Trinajstić information content (AvgIpc) is 3.23. The zero-order valence-corrected chi connectivity index (χ0v) is 15.8. The molecule has 0 bridgehead atoms. The van der Waals surface area contributed by atoms with Gasteiger partial charge in [-0.2, -0.15) is 5.10 Å². The number of hydrogen-bond acceptors (Lipinski definition) is 6. The minimum Gasteiger partial charge on any atom is -0.364 e. The van der Waals surface area contributed by atoms with Gasteiger partial charge in [0, 0.05) is 31.1 Å². The Morgan fingerprint density at radius 2 is 2.12 bits per heavy atom. The lowest BCUT2D eigenvalue weighted by Crippen LogP contribution is -2.36. The van der Waals surface area contributed by atoms with Crippen molar-refractivity contribution >= 4 is 22.4 Å². The Morgan fingerprint density at radius 1 is 1.27 bits per heavy atom. The number of anilines is 1. The molecule has 1 saturated carbocycles. The standard InChI is InChI=1S/C18H26N6OS/c19-17(25)16-12-26-18(21-16)20-10-13-9-15-11-23(7-4-8-24(15)22-13)14-5-2-1-3-6-14/h9,12,14H,1-8,10-11H2,(H2,19,25)(H,20,21). The Kier molecular flexibility index (Phi) is 5.21. The van der Waals surface area contributed by atoms with E-state index in [0.29, 0.717) is 17.4 Å². The first-order valence-corrected chi connectivity index (χ1v) is 10.4. The van der Waals surface area contributed by atoms with Gasteiger partial charge in [-0.3, -0.25) is 14.4 Å². The predicted octanol–water partition coefficient (Wildman–Crippen LogP) is 2.59. The van der Waals surface area contributed by atoms with Crippen LogP contribution in [0.3, 0.4) is 0 Å². The van der Waals surface area contributed by atoms with Gasteiger partial charge in [-0.05, 0) is 25.3 Å². The van der Waals surface area contributed by atoms with E-state index < -0.39 is 5.91 Å². The van der Waals surface area contributed by atoms with Gasteiger partial charge in [0.15, 0.2) is 5.13 Å². The largest absolute Gasteiger partial charge is 0.364 e. The molecule has 3 N–H and O–H groups in total. The Morgan fingerprint density at radius 3 is 2.88 bits per heavy atom. The summed E-state index contributed by atoms with van der Waals surface area (Å²) >= 11 is 1.39. The number of rotatable bonds is 5. The van der Waals surface area contributed by atoms with Gasteiger partial charge in [-0.15, -0.1) is 11.3 Å². The van der Waals surface area contributed by atoms with Crippen LogP contribution in [0.2, 0.25) is 0 Å². The van der Waals surface area contributed by atoms with E-state index in [4.69, 9.17) is 10.8 Å². The maximum absolute atomic E-state index is 11.1. The number of nitrogens with two attached hydrogens (primary N) is 1. The number of thiazole rings is 1. The van der Waals surface area contributed by atoms with Crippen LogP contribution in [0, 0.1) is 0 Å². The highest BCUT2D eigenvalue weighted by molar-refractivity contribution is 7.13. The molecule has 1 fully saturated rings. The highest BCUT2D eigenvalue weighted by atomic mass is 32.1. The third kappa shape index (κ3) is 3.91. The SMILES string of the molecule is NC(=O)c1csc(NCc2cc3n(n2)CCCN(C2CCCCC2)C3)n1. The van der Waals surface area contributed by atoms with Gasteiger partial charge in [0.25, 0.3) is 5.91 Å². The molecule has 0 saturated heterocycles. The molecule has 8 heteroatoms. The lowest BCUT2D eigenvalue weighted by atomic mass is 9.94. The summed E-state index contributed by atoms with van der Waals surface area (Å²) in [4.78, 5) is 18.0. The predicted molar refractivity (Wildman–Crippen MR) is 102 cm³/mol. The van der Waals surface area contributed by atoms with E-state index in [2.05, 4.69) is 25.9 Å². The summed E-state index contributed by atoms with van der Waals surface area (Å²) < 4.78 is 2.16. The summed E-state index contributed by atoms with van der Waals surface area (Å²) in [7, 11) is 0. The molecule has 3 heterocycles. The zero-order chi connectivity index (χ0) is 17.9. The zero-order valence-electron chi connectivity index (χ0n) is 15.0. The second-order valence-corrected chi connectivity index (χ2v) is 8.08. The summed E-state index contributed by atoms with van der Waals surface area (Å²) in [5.41, 5.74) is 7.88. The molecule has 7 nitrogen and oxygen atoms in total. The van der Waals surface area contributed by atoms with Crippen LogP contribution in [-0.4, -0.2) is 38.2 Å². The van der Waals surface area contributed by atoms with Crippen LogP contribution in [0.4, 0.5) is 5.13 Å². The molecule has 0 spiro atoms. The molecule has 140 valence electrons. The van der Waals surface area contributed by atoms with Crippen LogP contribution in [-0.2, 0) is 19.6 Å². The molecule has 1 amide bonds. The van der Waals surface area contributed by atoms with E-state index in [1.165, 1.54) is 55.7 Å². The van der Waals surface area contributed by atoms with E-state index in [1.54, 1.807) is 5.38 Å². The molecule has 0 radical (unpaired) electrons. The number of aromatic nitrogens is 3. The third-order valence-electron chi connectivity index (χ3n) is 5.36. The number of nitrogens with one attached hydrogen (secondary N) is 1. The molecule has 4 rings (SSSR count). The van der Waals surface area contributed by atoms with Crippen molar-refractivity contribution < 1.29 is 4.79 Å².